The molecule has 3 aliphatic rings. The quantitative estimate of drug-likeness (QED) is 0.375. The Morgan fingerprint density at radius 3 is 2.56 bits per heavy atom. The van der Waals surface area contributed by atoms with Crippen molar-refractivity contribution in [2.75, 3.05) is 44.3 Å². The minimum absolute atomic E-state index is 0. The fourth-order valence-electron chi connectivity index (χ4n) is 3.78. The second-order valence-corrected chi connectivity index (χ2v) is 9.58. The molecule has 6 nitrogen and oxygen atoms in total. The maximum absolute atomic E-state index is 11.6. The van der Waals surface area contributed by atoms with Crippen LogP contribution in [0.15, 0.2) is 4.99 Å². The second-order valence-electron chi connectivity index (χ2n) is 7.35. The summed E-state index contributed by atoms with van der Waals surface area (Å²) in [4.78, 5) is 7.12. The number of sulfone groups is 1. The summed E-state index contributed by atoms with van der Waals surface area (Å²) >= 11 is 0. The van der Waals surface area contributed by atoms with Crippen LogP contribution < -0.4 is 5.32 Å². The normalized spacial score (nSPS) is 29.9. The van der Waals surface area contributed by atoms with E-state index in [1.54, 1.807) is 0 Å². The summed E-state index contributed by atoms with van der Waals surface area (Å²) in [5.41, 5.74) is 0. The van der Waals surface area contributed by atoms with Gasteiger partial charge in [0.1, 0.15) is 0 Å². The highest BCUT2D eigenvalue weighted by Gasteiger charge is 2.28. The summed E-state index contributed by atoms with van der Waals surface area (Å²) in [6.07, 6.45) is 8.25. The predicted molar refractivity (Wildman–Crippen MR) is 111 cm³/mol. The van der Waals surface area contributed by atoms with Crippen molar-refractivity contribution in [3.63, 3.8) is 0 Å². The molecule has 0 bridgehead atoms. The smallest absolute Gasteiger partial charge is 0.194 e. The van der Waals surface area contributed by atoms with Crippen LogP contribution in [0, 0.1) is 5.92 Å². The van der Waals surface area contributed by atoms with E-state index in [9.17, 15) is 8.42 Å². The lowest BCUT2D eigenvalue weighted by atomic mass is 10.1. The molecule has 8 heteroatoms. The molecule has 0 aromatic rings. The zero-order chi connectivity index (χ0) is 16.8. The number of aliphatic imine (C=N–C) groups is 1. The van der Waals surface area contributed by atoms with E-state index >= 15 is 0 Å². The Bertz CT molecular complexity index is 529. The van der Waals surface area contributed by atoms with E-state index in [0.717, 1.165) is 45.0 Å². The Kier molecular flexibility index (Phi) is 8.74. The number of ether oxygens (including phenoxy) is 1. The highest BCUT2D eigenvalue weighted by Crippen LogP contribution is 2.19. The first kappa shape index (κ1) is 21.2. The average molecular weight is 485 g/mol. The lowest BCUT2D eigenvalue weighted by Gasteiger charge is -2.32. The van der Waals surface area contributed by atoms with Gasteiger partial charge in [-0.05, 0) is 50.9 Å². The first-order valence-corrected chi connectivity index (χ1v) is 11.3. The second kappa shape index (κ2) is 10.3. The molecule has 0 spiro atoms. The Morgan fingerprint density at radius 1 is 1.12 bits per heavy atom. The van der Waals surface area contributed by atoms with Gasteiger partial charge in [-0.2, -0.15) is 0 Å². The van der Waals surface area contributed by atoms with E-state index in [0.29, 0.717) is 18.1 Å². The molecule has 1 N–H and O–H groups in total. The molecule has 25 heavy (non-hydrogen) atoms. The van der Waals surface area contributed by atoms with Crippen LogP contribution in [0.1, 0.15) is 44.9 Å². The molecule has 0 amide bonds. The lowest BCUT2D eigenvalue weighted by Crippen LogP contribution is -2.47. The van der Waals surface area contributed by atoms with Crippen molar-refractivity contribution in [2.24, 2.45) is 10.9 Å². The van der Waals surface area contributed by atoms with Crippen molar-refractivity contribution in [2.45, 2.75) is 51.0 Å². The SMILES string of the molecule is I.O=S1(=O)CCC(CN=C(NCC2CCCCO2)N2CCCCC2)C1. The summed E-state index contributed by atoms with van der Waals surface area (Å²) in [5, 5.41) is 3.51. The molecule has 3 saturated heterocycles. The van der Waals surface area contributed by atoms with Crippen LogP contribution in [0.25, 0.3) is 0 Å². The van der Waals surface area contributed by atoms with E-state index < -0.39 is 9.84 Å². The number of hydrogen-bond donors (Lipinski definition) is 1. The van der Waals surface area contributed by atoms with Crippen molar-refractivity contribution < 1.29 is 13.2 Å². The number of nitrogens with zero attached hydrogens (tertiary/aromatic N) is 2. The molecule has 3 aliphatic heterocycles. The predicted octanol–water partition coefficient (Wildman–Crippen LogP) is 2.04. The van der Waals surface area contributed by atoms with Gasteiger partial charge in [0, 0.05) is 32.8 Å². The maximum atomic E-state index is 11.6. The van der Waals surface area contributed by atoms with Gasteiger partial charge >= 0.3 is 0 Å². The van der Waals surface area contributed by atoms with E-state index in [1.807, 2.05) is 0 Å². The standard InChI is InChI=1S/C17H31N3O3S.HI/c21-24(22)11-7-15(14-24)12-18-17(20-8-3-1-4-9-20)19-13-16-6-2-5-10-23-16;/h15-16H,1-14H2,(H,18,19);1H. The number of rotatable bonds is 4. The Hall–Kier alpha value is -0.0900. The molecule has 0 aromatic carbocycles. The third-order valence-electron chi connectivity index (χ3n) is 5.24. The number of guanidine groups is 1. The number of nitrogens with one attached hydrogen (secondary N) is 1. The fraction of sp³-hybridized carbons (Fsp3) is 0.941. The van der Waals surface area contributed by atoms with Crippen molar-refractivity contribution >= 4 is 39.8 Å². The first-order valence-electron chi connectivity index (χ1n) is 9.48. The molecule has 3 rings (SSSR count). The number of likely N-dealkylation sites (tertiary alicyclic amines) is 1. The molecule has 2 atom stereocenters. The minimum atomic E-state index is -2.82. The van der Waals surface area contributed by atoms with Crippen LogP contribution in [-0.4, -0.2) is 69.7 Å². The molecular weight excluding hydrogens is 453 g/mol. The number of piperidine rings is 1. The van der Waals surface area contributed by atoms with Gasteiger partial charge in [-0.3, -0.25) is 4.99 Å². The zero-order valence-electron chi connectivity index (χ0n) is 15.0. The molecule has 0 radical (unpaired) electrons. The topological polar surface area (TPSA) is 71.0 Å². The van der Waals surface area contributed by atoms with Crippen LogP contribution in [0.2, 0.25) is 0 Å². The average Bonchev–Trinajstić information content (AvgIpc) is 2.96. The van der Waals surface area contributed by atoms with Crippen molar-refractivity contribution in [3.8, 4) is 0 Å². The van der Waals surface area contributed by atoms with Gasteiger partial charge < -0.3 is 15.0 Å². The highest BCUT2D eigenvalue weighted by atomic mass is 127. The summed E-state index contributed by atoms with van der Waals surface area (Å²) in [5.74, 6) is 1.76. The van der Waals surface area contributed by atoms with Crippen molar-refractivity contribution in [3.05, 3.63) is 0 Å². The van der Waals surface area contributed by atoms with E-state index in [-0.39, 0.29) is 36.0 Å². The third kappa shape index (κ3) is 6.86. The van der Waals surface area contributed by atoms with E-state index in [2.05, 4.69) is 10.2 Å². The summed E-state index contributed by atoms with van der Waals surface area (Å²) < 4.78 is 29.1. The van der Waals surface area contributed by atoms with Gasteiger partial charge in [-0.1, -0.05) is 0 Å². The van der Waals surface area contributed by atoms with Crippen molar-refractivity contribution in [1.82, 2.24) is 10.2 Å². The Morgan fingerprint density at radius 2 is 1.92 bits per heavy atom. The summed E-state index contributed by atoms with van der Waals surface area (Å²) in [7, 11) is -2.82. The first-order chi connectivity index (χ1) is 11.6. The lowest BCUT2D eigenvalue weighted by molar-refractivity contribution is 0.0190. The number of hydrogen-bond acceptors (Lipinski definition) is 4. The number of halogens is 1. The van der Waals surface area contributed by atoms with Crippen LogP contribution in [0.5, 0.6) is 0 Å². The summed E-state index contributed by atoms with van der Waals surface area (Å²) in [6, 6.07) is 0. The van der Waals surface area contributed by atoms with E-state index in [1.165, 1.54) is 32.1 Å². The van der Waals surface area contributed by atoms with Gasteiger partial charge in [-0.25, -0.2) is 8.42 Å². The van der Waals surface area contributed by atoms with Crippen LogP contribution in [-0.2, 0) is 14.6 Å². The minimum Gasteiger partial charge on any atom is -0.376 e. The Balaban J connectivity index is 0.00000225. The van der Waals surface area contributed by atoms with Gasteiger partial charge in [-0.15, -0.1) is 24.0 Å². The molecule has 0 saturated carbocycles. The monoisotopic (exact) mass is 485 g/mol. The molecule has 146 valence electrons. The molecule has 2 unspecified atom stereocenters. The Labute approximate surface area is 169 Å². The van der Waals surface area contributed by atoms with Crippen LogP contribution in [0.4, 0.5) is 0 Å². The fourth-order valence-corrected chi connectivity index (χ4v) is 5.63. The van der Waals surface area contributed by atoms with Crippen LogP contribution in [0.3, 0.4) is 0 Å². The molecular formula is C17H32IN3O3S. The largest absolute Gasteiger partial charge is 0.376 e. The summed E-state index contributed by atoms with van der Waals surface area (Å²) in [6.45, 7) is 4.37. The van der Waals surface area contributed by atoms with Gasteiger partial charge in [0.25, 0.3) is 0 Å². The maximum Gasteiger partial charge on any atom is 0.194 e. The third-order valence-corrected chi connectivity index (χ3v) is 7.08. The molecule has 0 aromatic heterocycles. The van der Waals surface area contributed by atoms with E-state index in [4.69, 9.17) is 9.73 Å². The molecule has 0 aliphatic carbocycles. The van der Waals surface area contributed by atoms with Gasteiger partial charge in [0.15, 0.2) is 15.8 Å². The molecule has 3 heterocycles. The molecule has 3 fully saturated rings. The van der Waals surface area contributed by atoms with Crippen LogP contribution >= 0.6 is 24.0 Å². The zero-order valence-corrected chi connectivity index (χ0v) is 18.1. The van der Waals surface area contributed by atoms with Gasteiger partial charge in [0.05, 0.1) is 17.6 Å². The van der Waals surface area contributed by atoms with Crippen molar-refractivity contribution in [1.29, 1.82) is 0 Å². The van der Waals surface area contributed by atoms with Gasteiger partial charge in [0.2, 0.25) is 0 Å². The highest BCUT2D eigenvalue weighted by molar-refractivity contribution is 14.0.